The Balaban J connectivity index is 0. The molecular formula is C13H29ClN2O2. The van der Waals surface area contributed by atoms with Crippen LogP contribution in [-0.4, -0.2) is 43.7 Å². The molecule has 0 aromatic carbocycles. The average molecular weight is 281 g/mol. The van der Waals surface area contributed by atoms with Crippen LogP contribution in [0.4, 0.5) is 0 Å². The van der Waals surface area contributed by atoms with Gasteiger partial charge in [-0.3, -0.25) is 4.79 Å². The van der Waals surface area contributed by atoms with Crippen molar-refractivity contribution < 1.29 is 9.53 Å². The normalized spacial score (nSPS) is 12.8. The van der Waals surface area contributed by atoms with Crippen LogP contribution in [-0.2, 0) is 9.53 Å². The van der Waals surface area contributed by atoms with Gasteiger partial charge in [0.05, 0.1) is 0 Å². The van der Waals surface area contributed by atoms with Crippen LogP contribution in [0.25, 0.3) is 0 Å². The molecule has 0 saturated carbocycles. The third-order valence-electron chi connectivity index (χ3n) is 2.81. The number of rotatable bonds is 8. The molecule has 0 radical (unpaired) electrons. The molecule has 1 atom stereocenters. The summed E-state index contributed by atoms with van der Waals surface area (Å²) < 4.78 is 5.49. The molecule has 0 spiro atoms. The molecule has 1 amide bonds. The van der Waals surface area contributed by atoms with Crippen molar-refractivity contribution in [2.45, 2.75) is 46.6 Å². The van der Waals surface area contributed by atoms with E-state index in [9.17, 15) is 4.79 Å². The molecule has 4 nitrogen and oxygen atoms in total. The first-order valence-electron chi connectivity index (χ1n) is 6.40. The SMILES string of the molecule is CCCCOC(C)C(=O)N(C)CC(C)(C)CN.Cl. The molecule has 18 heavy (non-hydrogen) atoms. The Labute approximate surface area is 118 Å². The van der Waals surface area contributed by atoms with Crippen LogP contribution in [0.3, 0.4) is 0 Å². The van der Waals surface area contributed by atoms with E-state index in [1.807, 2.05) is 6.92 Å². The van der Waals surface area contributed by atoms with E-state index in [0.29, 0.717) is 19.7 Å². The van der Waals surface area contributed by atoms with Crippen molar-refractivity contribution in [2.75, 3.05) is 26.7 Å². The third-order valence-corrected chi connectivity index (χ3v) is 2.81. The summed E-state index contributed by atoms with van der Waals surface area (Å²) in [5.74, 6) is 0.0302. The van der Waals surface area contributed by atoms with Gasteiger partial charge in [0.2, 0.25) is 0 Å². The number of unbranched alkanes of at least 4 members (excludes halogenated alkanes) is 1. The van der Waals surface area contributed by atoms with Gasteiger partial charge in [0, 0.05) is 20.2 Å². The summed E-state index contributed by atoms with van der Waals surface area (Å²) in [6, 6.07) is 0. The van der Waals surface area contributed by atoms with E-state index in [2.05, 4.69) is 20.8 Å². The zero-order chi connectivity index (χ0) is 13.5. The summed E-state index contributed by atoms with van der Waals surface area (Å²) >= 11 is 0. The number of nitrogens with zero attached hydrogens (tertiary/aromatic N) is 1. The van der Waals surface area contributed by atoms with E-state index in [1.165, 1.54) is 0 Å². The van der Waals surface area contributed by atoms with Crippen molar-refractivity contribution in [2.24, 2.45) is 11.1 Å². The van der Waals surface area contributed by atoms with Gasteiger partial charge in [-0.05, 0) is 25.3 Å². The highest BCUT2D eigenvalue weighted by molar-refractivity contribution is 5.85. The minimum Gasteiger partial charge on any atom is -0.369 e. The first kappa shape index (κ1) is 20.0. The van der Waals surface area contributed by atoms with Gasteiger partial charge in [-0.1, -0.05) is 27.2 Å². The highest BCUT2D eigenvalue weighted by atomic mass is 35.5. The quantitative estimate of drug-likeness (QED) is 0.693. The fourth-order valence-electron chi connectivity index (χ4n) is 1.57. The van der Waals surface area contributed by atoms with Crippen LogP contribution in [0.15, 0.2) is 0 Å². The van der Waals surface area contributed by atoms with E-state index < -0.39 is 0 Å². The second-order valence-corrected chi connectivity index (χ2v) is 5.43. The van der Waals surface area contributed by atoms with Crippen LogP contribution in [0.1, 0.15) is 40.5 Å². The smallest absolute Gasteiger partial charge is 0.251 e. The van der Waals surface area contributed by atoms with E-state index in [-0.39, 0.29) is 29.8 Å². The van der Waals surface area contributed by atoms with Gasteiger partial charge in [-0.2, -0.15) is 0 Å². The maximum Gasteiger partial charge on any atom is 0.251 e. The van der Waals surface area contributed by atoms with E-state index in [4.69, 9.17) is 10.5 Å². The fraction of sp³-hybridized carbons (Fsp3) is 0.923. The van der Waals surface area contributed by atoms with Gasteiger partial charge in [0.1, 0.15) is 6.10 Å². The summed E-state index contributed by atoms with van der Waals surface area (Å²) in [5.41, 5.74) is 5.61. The molecule has 0 aromatic heterocycles. The van der Waals surface area contributed by atoms with E-state index >= 15 is 0 Å². The van der Waals surface area contributed by atoms with Crippen LogP contribution >= 0.6 is 12.4 Å². The number of amides is 1. The largest absolute Gasteiger partial charge is 0.369 e. The lowest BCUT2D eigenvalue weighted by Gasteiger charge is -2.30. The Morgan fingerprint density at radius 2 is 2.00 bits per heavy atom. The standard InChI is InChI=1S/C13H28N2O2.ClH/c1-6-7-8-17-11(2)12(16)15(5)10-13(3,4)9-14;/h11H,6-10,14H2,1-5H3;1H. The summed E-state index contributed by atoms with van der Waals surface area (Å²) in [7, 11) is 1.80. The van der Waals surface area contributed by atoms with Gasteiger partial charge in [-0.15, -0.1) is 12.4 Å². The lowest BCUT2D eigenvalue weighted by molar-refractivity contribution is -0.142. The molecule has 0 aliphatic rings. The number of likely N-dealkylation sites (N-methyl/N-ethyl adjacent to an activating group) is 1. The van der Waals surface area contributed by atoms with Crippen LogP contribution in [0.2, 0.25) is 0 Å². The fourth-order valence-corrected chi connectivity index (χ4v) is 1.57. The zero-order valence-corrected chi connectivity index (χ0v) is 13.2. The van der Waals surface area contributed by atoms with Crippen molar-refractivity contribution >= 4 is 18.3 Å². The molecule has 0 saturated heterocycles. The predicted molar refractivity (Wildman–Crippen MR) is 78.0 cm³/mol. The summed E-state index contributed by atoms with van der Waals surface area (Å²) in [5, 5.41) is 0. The van der Waals surface area contributed by atoms with Gasteiger partial charge in [0.15, 0.2) is 0 Å². The highest BCUT2D eigenvalue weighted by Gasteiger charge is 2.24. The van der Waals surface area contributed by atoms with Gasteiger partial charge < -0.3 is 15.4 Å². The number of hydrogen-bond acceptors (Lipinski definition) is 3. The molecule has 0 aliphatic carbocycles. The number of hydrogen-bond donors (Lipinski definition) is 1. The summed E-state index contributed by atoms with van der Waals surface area (Å²) in [6.45, 7) is 9.89. The summed E-state index contributed by atoms with van der Waals surface area (Å²) in [6.07, 6.45) is 1.71. The number of carbonyl (C=O) groups is 1. The molecule has 2 N–H and O–H groups in total. The Morgan fingerprint density at radius 3 is 2.44 bits per heavy atom. The second-order valence-electron chi connectivity index (χ2n) is 5.43. The van der Waals surface area contributed by atoms with Crippen LogP contribution in [0, 0.1) is 5.41 Å². The Kier molecular flexibility index (Phi) is 10.7. The van der Waals surface area contributed by atoms with Gasteiger partial charge in [-0.25, -0.2) is 0 Å². The molecule has 0 heterocycles. The van der Waals surface area contributed by atoms with Crippen LogP contribution in [0.5, 0.6) is 0 Å². The van der Waals surface area contributed by atoms with E-state index in [0.717, 1.165) is 12.8 Å². The van der Waals surface area contributed by atoms with Gasteiger partial charge in [0.25, 0.3) is 5.91 Å². The maximum atomic E-state index is 12.0. The van der Waals surface area contributed by atoms with Crippen molar-refractivity contribution in [3.05, 3.63) is 0 Å². The number of halogens is 1. The number of ether oxygens (including phenoxy) is 1. The molecule has 5 heteroatoms. The minimum atomic E-state index is -0.361. The average Bonchev–Trinajstić information content (AvgIpc) is 2.27. The first-order chi connectivity index (χ1) is 7.84. The van der Waals surface area contributed by atoms with Crippen molar-refractivity contribution in [1.82, 2.24) is 4.90 Å². The van der Waals surface area contributed by atoms with E-state index in [1.54, 1.807) is 11.9 Å². The molecule has 110 valence electrons. The molecule has 0 aromatic rings. The molecule has 0 fully saturated rings. The first-order valence-corrected chi connectivity index (χ1v) is 6.40. The number of nitrogens with two attached hydrogens (primary N) is 1. The second kappa shape index (κ2) is 9.59. The van der Waals surface area contributed by atoms with Gasteiger partial charge >= 0.3 is 0 Å². The Bertz CT molecular complexity index is 235. The predicted octanol–water partition coefficient (Wildman–Crippen LogP) is 2.06. The molecule has 0 bridgehead atoms. The number of carbonyl (C=O) groups excluding carboxylic acids is 1. The van der Waals surface area contributed by atoms with Crippen molar-refractivity contribution in [3.8, 4) is 0 Å². The molecule has 0 aliphatic heterocycles. The van der Waals surface area contributed by atoms with Crippen molar-refractivity contribution in [1.29, 1.82) is 0 Å². The molecule has 1 unspecified atom stereocenters. The summed E-state index contributed by atoms with van der Waals surface area (Å²) in [4.78, 5) is 13.7. The third kappa shape index (κ3) is 7.90. The lowest BCUT2D eigenvalue weighted by atomic mass is 9.93. The lowest BCUT2D eigenvalue weighted by Crippen LogP contribution is -2.43. The zero-order valence-electron chi connectivity index (χ0n) is 12.4. The molecular weight excluding hydrogens is 252 g/mol. The Morgan fingerprint density at radius 1 is 1.44 bits per heavy atom. The van der Waals surface area contributed by atoms with Crippen LogP contribution < -0.4 is 5.73 Å². The van der Waals surface area contributed by atoms with Crippen molar-refractivity contribution in [3.63, 3.8) is 0 Å². The molecule has 0 rings (SSSR count). The topological polar surface area (TPSA) is 55.6 Å². The Hall–Kier alpha value is -0.320. The monoisotopic (exact) mass is 280 g/mol. The highest BCUT2D eigenvalue weighted by Crippen LogP contribution is 2.14. The minimum absolute atomic E-state index is 0. The maximum absolute atomic E-state index is 12.0.